The largest absolute Gasteiger partial charge is 0.478 e. The number of aromatic amines is 2. The van der Waals surface area contributed by atoms with Gasteiger partial charge in [-0.15, -0.1) is 0 Å². The van der Waals surface area contributed by atoms with E-state index in [-0.39, 0.29) is 21.8 Å². The lowest BCUT2D eigenvalue weighted by Gasteiger charge is -2.10. The zero-order valence-corrected chi connectivity index (χ0v) is 18.3. The van der Waals surface area contributed by atoms with E-state index in [1.807, 2.05) is 30.3 Å². The molecule has 0 fully saturated rings. The number of carbonyl (C=O) groups is 1. The lowest BCUT2D eigenvalue weighted by atomic mass is 10.1. The molecule has 34 heavy (non-hydrogen) atoms. The SMILES string of the molecule is N#Cc1c(Oc2ccc(-c3nc4ccc(C(=O)O)cc4[nH]3)cc2)nc(=S)[nH]c1-c1ccccc1. The number of carboxylic acids is 1. The lowest BCUT2D eigenvalue weighted by molar-refractivity contribution is 0.0697. The maximum Gasteiger partial charge on any atom is 0.335 e. The monoisotopic (exact) mass is 465 g/mol. The number of aromatic carboxylic acids is 1. The van der Waals surface area contributed by atoms with Gasteiger partial charge < -0.3 is 19.8 Å². The highest BCUT2D eigenvalue weighted by Crippen LogP contribution is 2.31. The Kier molecular flexibility index (Phi) is 5.33. The van der Waals surface area contributed by atoms with Crippen LogP contribution in [0.4, 0.5) is 0 Å². The second kappa shape index (κ2) is 8.61. The molecule has 0 saturated heterocycles. The Bertz CT molecular complexity index is 1630. The van der Waals surface area contributed by atoms with Gasteiger partial charge in [-0.3, -0.25) is 0 Å². The molecule has 0 amide bonds. The van der Waals surface area contributed by atoms with Crippen LogP contribution >= 0.6 is 12.2 Å². The molecule has 2 aromatic heterocycles. The standard InChI is InChI=1S/C25H15N5O3S/c26-13-18-21(14-4-2-1-3-5-14)29-25(34)30-23(18)33-17-9-6-15(7-10-17)22-27-19-11-8-16(24(31)32)12-20(19)28-22/h1-12H,(H,27,28)(H,31,32)(H,29,30,34). The summed E-state index contributed by atoms with van der Waals surface area (Å²) >= 11 is 5.25. The van der Waals surface area contributed by atoms with Crippen LogP contribution in [0, 0.1) is 16.1 Å². The summed E-state index contributed by atoms with van der Waals surface area (Å²) in [5.74, 6) is 0.175. The van der Waals surface area contributed by atoms with Crippen molar-refractivity contribution in [1.82, 2.24) is 19.9 Å². The molecule has 3 N–H and O–H groups in total. The molecular formula is C25H15N5O3S. The van der Waals surface area contributed by atoms with Crippen molar-refractivity contribution in [2.24, 2.45) is 0 Å². The van der Waals surface area contributed by atoms with Crippen molar-refractivity contribution < 1.29 is 14.6 Å². The van der Waals surface area contributed by atoms with Gasteiger partial charge in [0.25, 0.3) is 0 Å². The second-order valence-electron chi connectivity index (χ2n) is 7.32. The van der Waals surface area contributed by atoms with Crippen molar-refractivity contribution in [2.45, 2.75) is 0 Å². The van der Waals surface area contributed by atoms with E-state index in [0.29, 0.717) is 28.3 Å². The molecule has 5 rings (SSSR count). The Balaban J connectivity index is 1.46. The molecule has 0 unspecified atom stereocenters. The number of rotatable bonds is 5. The van der Waals surface area contributed by atoms with Gasteiger partial charge in [-0.25, -0.2) is 9.78 Å². The summed E-state index contributed by atoms with van der Waals surface area (Å²) in [6.07, 6.45) is 0. The topological polar surface area (TPSA) is 128 Å². The van der Waals surface area contributed by atoms with E-state index in [2.05, 4.69) is 26.0 Å². The van der Waals surface area contributed by atoms with Crippen LogP contribution in [0.3, 0.4) is 0 Å². The summed E-state index contributed by atoms with van der Waals surface area (Å²) in [6.45, 7) is 0. The van der Waals surface area contributed by atoms with E-state index in [0.717, 1.165) is 11.1 Å². The number of H-pyrrole nitrogens is 2. The summed E-state index contributed by atoms with van der Waals surface area (Å²) < 4.78 is 6.12. The van der Waals surface area contributed by atoms with Gasteiger partial charge in [0.2, 0.25) is 10.7 Å². The van der Waals surface area contributed by atoms with Crippen molar-refractivity contribution in [2.75, 3.05) is 0 Å². The third kappa shape index (κ3) is 4.01. The summed E-state index contributed by atoms with van der Waals surface area (Å²) in [5, 5.41) is 18.9. The average molecular weight is 465 g/mol. The third-order valence-electron chi connectivity index (χ3n) is 5.14. The minimum absolute atomic E-state index is 0.114. The molecule has 0 saturated carbocycles. The zero-order valence-electron chi connectivity index (χ0n) is 17.4. The fraction of sp³-hybridized carbons (Fsp3) is 0. The molecule has 0 radical (unpaired) electrons. The highest BCUT2D eigenvalue weighted by molar-refractivity contribution is 7.71. The number of nitrogens with zero attached hydrogens (tertiary/aromatic N) is 3. The molecule has 2 heterocycles. The maximum atomic E-state index is 11.2. The van der Waals surface area contributed by atoms with Gasteiger partial charge in [-0.2, -0.15) is 10.2 Å². The Labute approximate surface area is 198 Å². The van der Waals surface area contributed by atoms with Gasteiger partial charge in [0.15, 0.2) is 0 Å². The van der Waals surface area contributed by atoms with Crippen LogP contribution in [-0.2, 0) is 0 Å². The second-order valence-corrected chi connectivity index (χ2v) is 7.71. The smallest absolute Gasteiger partial charge is 0.335 e. The van der Waals surface area contributed by atoms with Crippen molar-refractivity contribution in [3.63, 3.8) is 0 Å². The minimum atomic E-state index is -0.999. The van der Waals surface area contributed by atoms with Crippen molar-refractivity contribution >= 4 is 29.2 Å². The maximum absolute atomic E-state index is 11.2. The van der Waals surface area contributed by atoms with E-state index >= 15 is 0 Å². The number of carboxylic acid groups (broad SMARTS) is 1. The molecular weight excluding hydrogens is 450 g/mol. The lowest BCUT2D eigenvalue weighted by Crippen LogP contribution is -1.99. The Morgan fingerprint density at radius 3 is 2.44 bits per heavy atom. The third-order valence-corrected chi connectivity index (χ3v) is 5.34. The molecule has 0 aliphatic rings. The van der Waals surface area contributed by atoms with E-state index in [9.17, 15) is 15.2 Å². The molecule has 0 spiro atoms. The molecule has 9 heteroatoms. The Morgan fingerprint density at radius 2 is 1.74 bits per heavy atom. The van der Waals surface area contributed by atoms with Crippen molar-refractivity contribution in [3.05, 3.63) is 88.7 Å². The Morgan fingerprint density at radius 1 is 0.971 bits per heavy atom. The molecule has 164 valence electrons. The predicted octanol–water partition coefficient (Wildman–Crippen LogP) is 5.71. The first-order valence-corrected chi connectivity index (χ1v) is 10.5. The molecule has 0 atom stereocenters. The molecule has 0 aliphatic carbocycles. The number of nitriles is 1. The van der Waals surface area contributed by atoms with Gasteiger partial charge in [-0.1, -0.05) is 30.3 Å². The number of benzene rings is 3. The van der Waals surface area contributed by atoms with E-state index in [4.69, 9.17) is 17.0 Å². The first kappa shape index (κ1) is 21.1. The van der Waals surface area contributed by atoms with E-state index in [1.54, 1.807) is 36.4 Å². The number of imidazole rings is 1. The number of nitrogens with one attached hydrogen (secondary N) is 2. The van der Waals surface area contributed by atoms with Crippen LogP contribution in [0.5, 0.6) is 11.6 Å². The van der Waals surface area contributed by atoms with Crippen molar-refractivity contribution in [3.8, 4) is 40.3 Å². The molecule has 5 aromatic rings. The highest BCUT2D eigenvalue weighted by Gasteiger charge is 2.15. The molecule has 0 bridgehead atoms. The normalized spacial score (nSPS) is 10.7. The molecule has 3 aromatic carbocycles. The van der Waals surface area contributed by atoms with Crippen LogP contribution in [0.15, 0.2) is 72.8 Å². The number of ether oxygens (including phenoxy) is 1. The fourth-order valence-electron chi connectivity index (χ4n) is 3.52. The van der Waals surface area contributed by atoms with Crippen LogP contribution in [0.25, 0.3) is 33.7 Å². The number of hydrogen-bond acceptors (Lipinski definition) is 6. The quantitative estimate of drug-likeness (QED) is 0.284. The first-order valence-electron chi connectivity index (χ1n) is 10.1. The van der Waals surface area contributed by atoms with Crippen LogP contribution < -0.4 is 4.74 Å². The average Bonchev–Trinajstić information content (AvgIpc) is 3.28. The fourth-order valence-corrected chi connectivity index (χ4v) is 3.71. The summed E-state index contributed by atoms with van der Waals surface area (Å²) in [4.78, 5) is 26.0. The number of aromatic nitrogens is 4. The van der Waals surface area contributed by atoms with Crippen LogP contribution in [0.2, 0.25) is 0 Å². The van der Waals surface area contributed by atoms with Gasteiger partial charge in [0, 0.05) is 5.56 Å². The summed E-state index contributed by atoms with van der Waals surface area (Å²) in [6, 6.07) is 23.3. The predicted molar refractivity (Wildman–Crippen MR) is 128 cm³/mol. The zero-order chi connectivity index (χ0) is 23.7. The van der Waals surface area contributed by atoms with E-state index in [1.165, 1.54) is 6.07 Å². The highest BCUT2D eigenvalue weighted by atomic mass is 32.1. The van der Waals surface area contributed by atoms with E-state index < -0.39 is 5.97 Å². The Hall–Kier alpha value is -4.81. The van der Waals surface area contributed by atoms with Gasteiger partial charge in [0.05, 0.1) is 22.3 Å². The summed E-state index contributed by atoms with van der Waals surface area (Å²) in [7, 11) is 0. The van der Waals surface area contributed by atoms with Gasteiger partial charge in [0.1, 0.15) is 23.2 Å². The van der Waals surface area contributed by atoms with Crippen molar-refractivity contribution in [1.29, 1.82) is 5.26 Å². The molecule has 8 nitrogen and oxygen atoms in total. The van der Waals surface area contributed by atoms with Gasteiger partial charge in [-0.05, 0) is 60.2 Å². The minimum Gasteiger partial charge on any atom is -0.478 e. The van der Waals surface area contributed by atoms with Gasteiger partial charge >= 0.3 is 5.97 Å². The van der Waals surface area contributed by atoms with Crippen LogP contribution in [0.1, 0.15) is 15.9 Å². The summed E-state index contributed by atoms with van der Waals surface area (Å²) in [5.41, 5.74) is 3.84. The number of hydrogen-bond donors (Lipinski definition) is 3. The first-order chi connectivity index (χ1) is 16.5. The van der Waals surface area contributed by atoms with Crippen LogP contribution in [-0.4, -0.2) is 31.0 Å². The number of fused-ring (bicyclic) bond motifs is 1. The molecule has 0 aliphatic heterocycles.